The molecule has 0 aliphatic heterocycles. The average molecular weight is 325 g/mol. The van der Waals surface area contributed by atoms with Crippen LogP contribution in [0.3, 0.4) is 0 Å². The van der Waals surface area contributed by atoms with E-state index in [0.717, 1.165) is 31.4 Å². The lowest BCUT2D eigenvalue weighted by molar-refractivity contribution is -0.384. The van der Waals surface area contributed by atoms with Crippen LogP contribution in [0, 0.1) is 10.1 Å². The normalized spacial score (nSPS) is 15.4. The minimum Gasteiger partial charge on any atom is -0.266 e. The molecule has 2 rings (SSSR count). The molecule has 1 aromatic rings. The van der Waals surface area contributed by atoms with E-state index in [-0.39, 0.29) is 17.2 Å². The lowest BCUT2D eigenvalue weighted by atomic mass is 9.96. The summed E-state index contributed by atoms with van der Waals surface area (Å²) in [6.07, 6.45) is 8.37. The molecule has 0 atom stereocenters. The molecule has 0 aromatic heterocycles. The van der Waals surface area contributed by atoms with Crippen molar-refractivity contribution in [2.75, 3.05) is 6.61 Å². The van der Waals surface area contributed by atoms with Gasteiger partial charge in [-0.2, -0.15) is 8.42 Å². The van der Waals surface area contributed by atoms with Gasteiger partial charge in [0.05, 0.1) is 16.4 Å². The molecule has 120 valence electrons. The maximum absolute atomic E-state index is 12.0. The predicted molar refractivity (Wildman–Crippen MR) is 82.0 cm³/mol. The minimum absolute atomic E-state index is 0.0602. The Morgan fingerprint density at radius 3 is 2.50 bits per heavy atom. The quantitative estimate of drug-likeness (QED) is 0.251. The Bertz CT molecular complexity index is 649. The highest BCUT2D eigenvalue weighted by molar-refractivity contribution is 7.86. The summed E-state index contributed by atoms with van der Waals surface area (Å²) in [6, 6.07) is 4.69. The van der Waals surface area contributed by atoms with Crippen molar-refractivity contribution in [1.82, 2.24) is 0 Å². The molecule has 1 aromatic carbocycles. The number of non-ortho nitro benzene ring substituents is 1. The van der Waals surface area contributed by atoms with Gasteiger partial charge < -0.3 is 0 Å². The molecule has 0 fully saturated rings. The van der Waals surface area contributed by atoms with E-state index in [1.54, 1.807) is 0 Å². The monoisotopic (exact) mass is 325 g/mol. The van der Waals surface area contributed by atoms with Crippen molar-refractivity contribution in [3.05, 3.63) is 46.0 Å². The van der Waals surface area contributed by atoms with Gasteiger partial charge in [0.1, 0.15) is 0 Å². The van der Waals surface area contributed by atoms with Crippen LogP contribution in [0.4, 0.5) is 5.69 Å². The molecule has 1 aliphatic rings. The molecule has 7 heteroatoms. The maximum Gasteiger partial charge on any atom is 0.296 e. The van der Waals surface area contributed by atoms with Gasteiger partial charge in [-0.3, -0.25) is 14.3 Å². The first kappa shape index (κ1) is 16.6. The van der Waals surface area contributed by atoms with Gasteiger partial charge in [0.15, 0.2) is 0 Å². The summed E-state index contributed by atoms with van der Waals surface area (Å²) in [6.45, 7) is 0.122. The average Bonchev–Trinajstić information content (AvgIpc) is 2.53. The molecule has 1 aliphatic carbocycles. The van der Waals surface area contributed by atoms with E-state index >= 15 is 0 Å². The van der Waals surface area contributed by atoms with Gasteiger partial charge in [0, 0.05) is 12.1 Å². The van der Waals surface area contributed by atoms with Crippen LogP contribution in [0.15, 0.2) is 40.8 Å². The van der Waals surface area contributed by atoms with Gasteiger partial charge in [0.25, 0.3) is 15.8 Å². The third-order valence-corrected chi connectivity index (χ3v) is 4.93. The lowest BCUT2D eigenvalue weighted by Gasteiger charge is -2.12. The number of hydrogen-bond acceptors (Lipinski definition) is 5. The van der Waals surface area contributed by atoms with Crippen molar-refractivity contribution < 1.29 is 17.5 Å². The number of nitro groups is 1. The van der Waals surface area contributed by atoms with Crippen molar-refractivity contribution in [3.63, 3.8) is 0 Å². The highest BCUT2D eigenvalue weighted by atomic mass is 32.2. The lowest BCUT2D eigenvalue weighted by Crippen LogP contribution is -2.08. The van der Waals surface area contributed by atoms with Crippen LogP contribution in [-0.2, 0) is 14.3 Å². The molecule has 0 radical (unpaired) electrons. The molecule has 0 bridgehead atoms. The van der Waals surface area contributed by atoms with Crippen molar-refractivity contribution >= 4 is 15.8 Å². The van der Waals surface area contributed by atoms with Crippen LogP contribution in [-0.4, -0.2) is 19.9 Å². The van der Waals surface area contributed by atoms with Crippen molar-refractivity contribution in [2.24, 2.45) is 0 Å². The molecule has 0 spiro atoms. The zero-order valence-corrected chi connectivity index (χ0v) is 13.0. The Labute approximate surface area is 130 Å². The molecule has 0 unspecified atom stereocenters. The van der Waals surface area contributed by atoms with Crippen LogP contribution in [0.5, 0.6) is 0 Å². The van der Waals surface area contributed by atoms with E-state index in [1.165, 1.54) is 30.5 Å². The molecule has 0 amide bonds. The molecule has 0 saturated heterocycles. The summed E-state index contributed by atoms with van der Waals surface area (Å²) in [5.41, 5.74) is 1.23. The third kappa shape index (κ3) is 4.64. The van der Waals surface area contributed by atoms with E-state index in [2.05, 4.69) is 6.08 Å². The number of allylic oxidation sites excluding steroid dienone is 2. The predicted octanol–water partition coefficient (Wildman–Crippen LogP) is 3.58. The Hall–Kier alpha value is -1.73. The SMILES string of the molecule is O=[N+]([O-])c1ccc(S(=O)(=O)OCCCC2=CCCCC2)cc1. The smallest absolute Gasteiger partial charge is 0.266 e. The van der Waals surface area contributed by atoms with Crippen LogP contribution >= 0.6 is 0 Å². The van der Waals surface area contributed by atoms with Crippen molar-refractivity contribution in [2.45, 2.75) is 43.4 Å². The van der Waals surface area contributed by atoms with E-state index in [1.807, 2.05) is 0 Å². The standard InChI is InChI=1S/C15H19NO5S/c17-16(18)14-8-10-15(11-9-14)22(19,20)21-12-4-7-13-5-2-1-3-6-13/h5,8-11H,1-4,6-7,12H2. The Kier molecular flexibility index (Phi) is 5.68. The fourth-order valence-corrected chi connectivity index (χ4v) is 3.34. The highest BCUT2D eigenvalue weighted by Crippen LogP contribution is 2.22. The topological polar surface area (TPSA) is 86.5 Å². The first-order valence-corrected chi connectivity index (χ1v) is 8.72. The third-order valence-electron chi connectivity index (χ3n) is 3.60. The van der Waals surface area contributed by atoms with Gasteiger partial charge in [-0.25, -0.2) is 0 Å². The minimum atomic E-state index is -3.85. The second-order valence-electron chi connectivity index (χ2n) is 5.24. The Morgan fingerprint density at radius 2 is 1.91 bits per heavy atom. The molecule has 0 saturated carbocycles. The molecule has 22 heavy (non-hydrogen) atoms. The van der Waals surface area contributed by atoms with Crippen LogP contribution in [0.2, 0.25) is 0 Å². The van der Waals surface area contributed by atoms with Gasteiger partial charge in [-0.15, -0.1) is 0 Å². The summed E-state index contributed by atoms with van der Waals surface area (Å²) >= 11 is 0. The number of hydrogen-bond donors (Lipinski definition) is 0. The van der Waals surface area contributed by atoms with Crippen molar-refractivity contribution in [3.8, 4) is 0 Å². The van der Waals surface area contributed by atoms with Crippen LogP contribution < -0.4 is 0 Å². The fraction of sp³-hybridized carbons (Fsp3) is 0.467. The van der Waals surface area contributed by atoms with Gasteiger partial charge in [0.2, 0.25) is 0 Å². The summed E-state index contributed by atoms with van der Waals surface area (Å²) in [5, 5.41) is 10.5. The summed E-state index contributed by atoms with van der Waals surface area (Å²) in [5.74, 6) is 0. The van der Waals surface area contributed by atoms with E-state index in [4.69, 9.17) is 4.18 Å². The molecular weight excluding hydrogens is 306 g/mol. The largest absolute Gasteiger partial charge is 0.296 e. The summed E-state index contributed by atoms with van der Waals surface area (Å²) in [7, 11) is -3.85. The zero-order valence-electron chi connectivity index (χ0n) is 12.2. The fourth-order valence-electron chi connectivity index (χ4n) is 2.40. The van der Waals surface area contributed by atoms with Gasteiger partial charge >= 0.3 is 0 Å². The van der Waals surface area contributed by atoms with Gasteiger partial charge in [-0.05, 0) is 50.7 Å². The second kappa shape index (κ2) is 7.51. The maximum atomic E-state index is 12.0. The number of rotatable bonds is 7. The number of nitro benzene ring substituents is 1. The summed E-state index contributed by atoms with van der Waals surface area (Å²) < 4.78 is 28.9. The Morgan fingerprint density at radius 1 is 1.18 bits per heavy atom. The van der Waals surface area contributed by atoms with Crippen LogP contribution in [0.25, 0.3) is 0 Å². The molecule has 6 nitrogen and oxygen atoms in total. The highest BCUT2D eigenvalue weighted by Gasteiger charge is 2.16. The zero-order chi connectivity index (χ0) is 16.0. The Balaban J connectivity index is 1.85. The van der Waals surface area contributed by atoms with Crippen LogP contribution in [0.1, 0.15) is 38.5 Å². The second-order valence-corrected chi connectivity index (χ2v) is 6.85. The summed E-state index contributed by atoms with van der Waals surface area (Å²) in [4.78, 5) is 9.91. The molecular formula is C15H19NO5S. The number of nitrogens with zero attached hydrogens (tertiary/aromatic N) is 1. The van der Waals surface area contributed by atoms with E-state index in [0.29, 0.717) is 6.42 Å². The van der Waals surface area contributed by atoms with E-state index in [9.17, 15) is 18.5 Å². The first-order chi connectivity index (χ1) is 10.5. The first-order valence-electron chi connectivity index (χ1n) is 7.31. The molecule has 0 heterocycles. The molecule has 0 N–H and O–H groups in total. The van der Waals surface area contributed by atoms with E-state index < -0.39 is 15.0 Å². The van der Waals surface area contributed by atoms with Gasteiger partial charge in [-0.1, -0.05) is 11.6 Å². The number of benzene rings is 1. The van der Waals surface area contributed by atoms with Crippen molar-refractivity contribution in [1.29, 1.82) is 0 Å².